The summed E-state index contributed by atoms with van der Waals surface area (Å²) in [5, 5.41) is 3.85. The van der Waals surface area contributed by atoms with Crippen LogP contribution in [0, 0.1) is 12.7 Å². The van der Waals surface area contributed by atoms with E-state index in [1.165, 1.54) is 6.07 Å². The Bertz CT molecular complexity index is 498. The predicted molar refractivity (Wildman–Crippen MR) is 73.5 cm³/mol. The van der Waals surface area contributed by atoms with Gasteiger partial charge in [0.2, 0.25) is 0 Å². The van der Waals surface area contributed by atoms with Crippen molar-refractivity contribution in [2.75, 3.05) is 5.33 Å². The van der Waals surface area contributed by atoms with E-state index in [2.05, 4.69) is 20.9 Å². The van der Waals surface area contributed by atoms with E-state index in [0.29, 0.717) is 0 Å². The van der Waals surface area contributed by atoms with Crippen molar-refractivity contribution in [3.63, 3.8) is 0 Å². The van der Waals surface area contributed by atoms with Crippen molar-refractivity contribution in [1.29, 1.82) is 0 Å². The zero-order valence-electron chi connectivity index (χ0n) is 9.49. The smallest absolute Gasteiger partial charge is 0.126 e. The van der Waals surface area contributed by atoms with Crippen molar-refractivity contribution in [3.8, 4) is 0 Å². The third-order valence-corrected chi connectivity index (χ3v) is 4.26. The topological polar surface area (TPSA) is 12.9 Å². The quantitative estimate of drug-likeness (QED) is 0.766. The molecule has 90 valence electrons. The summed E-state index contributed by atoms with van der Waals surface area (Å²) in [7, 11) is 0. The first kappa shape index (κ1) is 12.7. The number of hydrogen-bond donors (Lipinski definition) is 0. The molecule has 2 rings (SSSR count). The van der Waals surface area contributed by atoms with E-state index in [4.69, 9.17) is 0 Å². The van der Waals surface area contributed by atoms with Crippen molar-refractivity contribution >= 4 is 27.3 Å². The van der Waals surface area contributed by atoms with Gasteiger partial charge in [-0.2, -0.15) is 0 Å². The third-order valence-electron chi connectivity index (χ3n) is 2.65. The summed E-state index contributed by atoms with van der Waals surface area (Å²) in [6, 6.07) is 6.95. The average molecular weight is 314 g/mol. The minimum atomic E-state index is -0.135. The molecule has 0 amide bonds. The van der Waals surface area contributed by atoms with E-state index < -0.39 is 0 Å². The third kappa shape index (κ3) is 3.13. The number of benzene rings is 1. The second-order valence-corrected chi connectivity index (χ2v) is 5.64. The van der Waals surface area contributed by atoms with Gasteiger partial charge in [0.15, 0.2) is 0 Å². The van der Waals surface area contributed by atoms with Crippen LogP contribution in [0.25, 0.3) is 0 Å². The van der Waals surface area contributed by atoms with Crippen LogP contribution in [0.4, 0.5) is 4.39 Å². The first-order valence-electron chi connectivity index (χ1n) is 5.42. The zero-order valence-corrected chi connectivity index (χ0v) is 11.9. The van der Waals surface area contributed by atoms with Crippen LogP contribution >= 0.6 is 27.3 Å². The molecule has 0 saturated carbocycles. The van der Waals surface area contributed by atoms with Gasteiger partial charge in [0.05, 0.1) is 10.7 Å². The Morgan fingerprint density at radius 2 is 2.18 bits per heavy atom. The molecule has 0 aliphatic rings. The highest BCUT2D eigenvalue weighted by molar-refractivity contribution is 9.09. The van der Waals surface area contributed by atoms with Gasteiger partial charge in [-0.25, -0.2) is 9.37 Å². The summed E-state index contributed by atoms with van der Waals surface area (Å²) in [6.45, 7) is 1.99. The molecular weight excluding hydrogens is 301 g/mol. The van der Waals surface area contributed by atoms with Gasteiger partial charge in [0.25, 0.3) is 0 Å². The minimum absolute atomic E-state index is 0.135. The molecule has 0 bridgehead atoms. The fourth-order valence-corrected chi connectivity index (χ4v) is 3.01. The second kappa shape index (κ2) is 5.74. The first-order chi connectivity index (χ1) is 8.20. The van der Waals surface area contributed by atoms with Crippen molar-refractivity contribution < 1.29 is 4.39 Å². The van der Waals surface area contributed by atoms with Crippen LogP contribution in [-0.2, 0) is 6.42 Å². The van der Waals surface area contributed by atoms with E-state index in [0.717, 1.165) is 28.0 Å². The van der Waals surface area contributed by atoms with E-state index in [9.17, 15) is 4.39 Å². The number of rotatable bonds is 4. The fraction of sp³-hybridized carbons (Fsp3) is 0.308. The van der Waals surface area contributed by atoms with Crippen molar-refractivity contribution in [2.45, 2.75) is 19.3 Å². The van der Waals surface area contributed by atoms with E-state index >= 15 is 0 Å². The number of aromatic nitrogens is 1. The molecular formula is C13H13BrFNS. The Morgan fingerprint density at radius 3 is 2.76 bits per heavy atom. The van der Waals surface area contributed by atoms with Crippen LogP contribution in [0.2, 0.25) is 0 Å². The fourth-order valence-electron chi connectivity index (χ4n) is 1.81. The van der Waals surface area contributed by atoms with Crippen molar-refractivity contribution in [1.82, 2.24) is 4.98 Å². The second-order valence-electron chi connectivity index (χ2n) is 3.93. The minimum Gasteiger partial charge on any atom is -0.247 e. The molecule has 1 aromatic heterocycles. The normalized spacial score (nSPS) is 12.6. The average Bonchev–Trinajstić information content (AvgIpc) is 2.73. The number of thiazole rings is 1. The SMILES string of the molecule is Cc1nc(CC(CBr)c2ccccc2F)cs1. The van der Waals surface area contributed by atoms with Crippen LogP contribution < -0.4 is 0 Å². The molecule has 0 radical (unpaired) electrons. The monoisotopic (exact) mass is 313 g/mol. The maximum atomic E-state index is 13.7. The highest BCUT2D eigenvalue weighted by atomic mass is 79.9. The Balaban J connectivity index is 2.20. The molecule has 17 heavy (non-hydrogen) atoms. The first-order valence-corrected chi connectivity index (χ1v) is 7.42. The van der Waals surface area contributed by atoms with Gasteiger partial charge in [-0.1, -0.05) is 34.1 Å². The maximum absolute atomic E-state index is 13.7. The van der Waals surface area contributed by atoms with Gasteiger partial charge in [0.1, 0.15) is 5.82 Å². The van der Waals surface area contributed by atoms with Crippen molar-refractivity contribution in [2.24, 2.45) is 0 Å². The lowest BCUT2D eigenvalue weighted by molar-refractivity contribution is 0.589. The lowest BCUT2D eigenvalue weighted by Gasteiger charge is -2.13. The highest BCUT2D eigenvalue weighted by Crippen LogP contribution is 2.25. The Hall–Kier alpha value is -0.740. The molecule has 1 atom stereocenters. The van der Waals surface area contributed by atoms with Gasteiger partial charge >= 0.3 is 0 Å². The molecule has 4 heteroatoms. The molecule has 0 fully saturated rings. The van der Waals surface area contributed by atoms with E-state index in [1.54, 1.807) is 17.4 Å². The van der Waals surface area contributed by atoms with Crippen molar-refractivity contribution in [3.05, 3.63) is 51.7 Å². The highest BCUT2D eigenvalue weighted by Gasteiger charge is 2.16. The number of aryl methyl sites for hydroxylation is 1. The van der Waals surface area contributed by atoms with Crippen LogP contribution in [0.3, 0.4) is 0 Å². The number of hydrogen-bond acceptors (Lipinski definition) is 2. The van der Waals surface area contributed by atoms with Gasteiger partial charge in [-0.3, -0.25) is 0 Å². The molecule has 2 aromatic rings. The number of nitrogens with zero attached hydrogens (tertiary/aromatic N) is 1. The van der Waals surface area contributed by atoms with Crippen LogP contribution in [0.5, 0.6) is 0 Å². The van der Waals surface area contributed by atoms with E-state index in [1.807, 2.05) is 24.4 Å². The lowest BCUT2D eigenvalue weighted by atomic mass is 9.96. The number of halogens is 2. The zero-order chi connectivity index (χ0) is 12.3. The molecule has 0 saturated heterocycles. The Labute approximate surface area is 113 Å². The molecule has 1 unspecified atom stereocenters. The summed E-state index contributed by atoms with van der Waals surface area (Å²) in [5.41, 5.74) is 1.80. The van der Waals surface area contributed by atoms with Gasteiger partial charge in [-0.15, -0.1) is 11.3 Å². The molecule has 0 aliphatic carbocycles. The van der Waals surface area contributed by atoms with Crippen LogP contribution in [-0.4, -0.2) is 10.3 Å². The molecule has 1 nitrogen and oxygen atoms in total. The summed E-state index contributed by atoms with van der Waals surface area (Å²) in [6.07, 6.45) is 0.774. The summed E-state index contributed by atoms with van der Waals surface area (Å²) in [4.78, 5) is 4.43. The van der Waals surface area contributed by atoms with Crippen LogP contribution in [0.15, 0.2) is 29.6 Å². The van der Waals surface area contributed by atoms with Gasteiger partial charge in [0, 0.05) is 16.6 Å². The van der Waals surface area contributed by atoms with Crippen LogP contribution in [0.1, 0.15) is 22.2 Å². The maximum Gasteiger partial charge on any atom is 0.126 e. The molecule has 1 aromatic carbocycles. The number of alkyl halides is 1. The summed E-state index contributed by atoms with van der Waals surface area (Å²) >= 11 is 5.10. The summed E-state index contributed by atoms with van der Waals surface area (Å²) in [5.74, 6) is 0.00148. The van der Waals surface area contributed by atoms with Gasteiger partial charge in [-0.05, 0) is 25.0 Å². The molecule has 0 aliphatic heterocycles. The largest absolute Gasteiger partial charge is 0.247 e. The van der Waals surface area contributed by atoms with Gasteiger partial charge < -0.3 is 0 Å². The standard InChI is InChI=1S/C13H13BrFNS/c1-9-16-11(8-17-9)6-10(7-14)12-4-2-3-5-13(12)15/h2-5,8,10H,6-7H2,1H3. The summed E-state index contributed by atoms with van der Waals surface area (Å²) < 4.78 is 13.7. The Morgan fingerprint density at radius 1 is 1.41 bits per heavy atom. The molecule has 0 N–H and O–H groups in total. The predicted octanol–water partition coefficient (Wildman–Crippen LogP) is 4.31. The molecule has 0 spiro atoms. The Kier molecular flexibility index (Phi) is 4.29. The lowest BCUT2D eigenvalue weighted by Crippen LogP contribution is -2.07. The molecule has 1 heterocycles. The van der Waals surface area contributed by atoms with E-state index in [-0.39, 0.29) is 11.7 Å².